The van der Waals surface area contributed by atoms with Crippen LogP contribution in [0.15, 0.2) is 16.3 Å². The molecule has 0 bridgehead atoms. The van der Waals surface area contributed by atoms with Crippen molar-refractivity contribution in [2.24, 2.45) is 7.05 Å². The highest BCUT2D eigenvalue weighted by molar-refractivity contribution is 7.89. The zero-order valence-electron chi connectivity index (χ0n) is 14.7. The predicted octanol–water partition coefficient (Wildman–Crippen LogP) is 1.81. The van der Waals surface area contributed by atoms with E-state index in [2.05, 4.69) is 10.4 Å². The van der Waals surface area contributed by atoms with E-state index in [0.29, 0.717) is 11.4 Å². The molecule has 136 valence electrons. The molecule has 1 amide bonds. The van der Waals surface area contributed by atoms with Crippen molar-refractivity contribution in [2.75, 3.05) is 7.05 Å². The Balaban J connectivity index is 1.94. The molecule has 1 aliphatic carbocycles. The molecule has 3 rings (SSSR count). The Morgan fingerprint density at radius 3 is 2.64 bits per heavy atom. The van der Waals surface area contributed by atoms with E-state index < -0.39 is 10.0 Å². The van der Waals surface area contributed by atoms with E-state index in [1.165, 1.54) is 18.5 Å². The molecule has 0 radical (unpaired) electrons. The summed E-state index contributed by atoms with van der Waals surface area (Å²) in [4.78, 5) is 12.3. The van der Waals surface area contributed by atoms with Gasteiger partial charge in [-0.15, -0.1) is 11.3 Å². The second-order valence-corrected chi connectivity index (χ2v) is 9.08. The summed E-state index contributed by atoms with van der Waals surface area (Å²) < 4.78 is 29.6. The van der Waals surface area contributed by atoms with Gasteiger partial charge in [0.2, 0.25) is 10.0 Å². The van der Waals surface area contributed by atoms with Gasteiger partial charge in [-0.2, -0.15) is 9.40 Å². The maximum absolute atomic E-state index is 13.1. The molecule has 1 aliphatic rings. The number of nitrogens with zero attached hydrogens (tertiary/aromatic N) is 3. The highest BCUT2D eigenvalue weighted by atomic mass is 32.2. The molecule has 25 heavy (non-hydrogen) atoms. The van der Waals surface area contributed by atoms with Crippen LogP contribution in [0.4, 0.5) is 0 Å². The third kappa shape index (κ3) is 3.36. The van der Waals surface area contributed by atoms with Gasteiger partial charge in [0.25, 0.3) is 5.91 Å². The summed E-state index contributed by atoms with van der Waals surface area (Å²) in [6.45, 7) is 4.15. The number of aromatic nitrogens is 2. The normalized spacial score (nSPS) is 14.9. The smallest absolute Gasteiger partial charge is 0.261 e. The molecular formula is C16H22N4O3S2. The molecule has 2 aromatic heterocycles. The third-order valence-electron chi connectivity index (χ3n) is 4.56. The number of hydrogen-bond acceptors (Lipinski definition) is 5. The van der Waals surface area contributed by atoms with Crippen LogP contribution in [0.5, 0.6) is 0 Å². The van der Waals surface area contributed by atoms with Crippen LogP contribution >= 0.6 is 11.3 Å². The number of carbonyl (C=O) groups excluding carboxylic acids is 1. The Bertz CT molecular complexity index is 910. The van der Waals surface area contributed by atoms with E-state index in [4.69, 9.17) is 0 Å². The number of rotatable bonds is 6. The molecule has 0 atom stereocenters. The number of aryl methyl sites for hydroxylation is 2. The molecule has 0 aromatic carbocycles. The highest BCUT2D eigenvalue weighted by Gasteiger charge is 2.39. The van der Waals surface area contributed by atoms with Gasteiger partial charge in [-0.25, -0.2) is 8.42 Å². The summed E-state index contributed by atoms with van der Waals surface area (Å²) in [6, 6.07) is 1.48. The van der Waals surface area contributed by atoms with Gasteiger partial charge in [-0.3, -0.25) is 9.48 Å². The second kappa shape index (κ2) is 6.54. The Hall–Kier alpha value is -1.71. The first-order valence-corrected chi connectivity index (χ1v) is 10.4. The Kier molecular flexibility index (Phi) is 4.74. The largest absolute Gasteiger partial charge is 0.354 e. The first kappa shape index (κ1) is 18.1. The fraction of sp³-hybridized carbons (Fsp3) is 0.500. The molecule has 7 nitrogen and oxygen atoms in total. The summed E-state index contributed by atoms with van der Waals surface area (Å²) in [5, 5.41) is 8.44. The fourth-order valence-corrected chi connectivity index (χ4v) is 5.67. The Labute approximate surface area is 151 Å². The minimum atomic E-state index is -3.65. The first-order chi connectivity index (χ1) is 11.8. The SMILES string of the molecule is CNC(=O)c1cc(S(=O)(=O)N(Cc2c(C)nn(C)c2C)C2CC2)cs1. The monoisotopic (exact) mass is 382 g/mol. The maximum atomic E-state index is 13.1. The number of nitrogens with one attached hydrogen (secondary N) is 1. The van der Waals surface area contributed by atoms with E-state index in [-0.39, 0.29) is 16.8 Å². The number of carbonyl (C=O) groups is 1. The summed E-state index contributed by atoms with van der Waals surface area (Å²) in [6.07, 6.45) is 1.73. The Morgan fingerprint density at radius 2 is 2.12 bits per heavy atom. The second-order valence-electron chi connectivity index (χ2n) is 6.28. The van der Waals surface area contributed by atoms with Crippen molar-refractivity contribution in [3.05, 3.63) is 33.3 Å². The predicted molar refractivity (Wildman–Crippen MR) is 96.1 cm³/mol. The van der Waals surface area contributed by atoms with Crippen molar-refractivity contribution in [3.63, 3.8) is 0 Å². The van der Waals surface area contributed by atoms with E-state index in [0.717, 1.165) is 41.1 Å². The van der Waals surface area contributed by atoms with Crippen LogP contribution in [0.3, 0.4) is 0 Å². The van der Waals surface area contributed by atoms with Gasteiger partial charge >= 0.3 is 0 Å². The summed E-state index contributed by atoms with van der Waals surface area (Å²) in [5.74, 6) is -0.275. The van der Waals surface area contributed by atoms with Crippen LogP contribution in [0.1, 0.15) is 39.5 Å². The summed E-state index contributed by atoms with van der Waals surface area (Å²) in [5.41, 5.74) is 2.76. The van der Waals surface area contributed by atoms with Crippen molar-refractivity contribution >= 4 is 27.3 Å². The van der Waals surface area contributed by atoms with Crippen LogP contribution in [-0.2, 0) is 23.6 Å². The van der Waals surface area contributed by atoms with Crippen LogP contribution in [0.2, 0.25) is 0 Å². The van der Waals surface area contributed by atoms with Crippen molar-refractivity contribution < 1.29 is 13.2 Å². The van der Waals surface area contributed by atoms with Crippen LogP contribution in [0, 0.1) is 13.8 Å². The lowest BCUT2D eigenvalue weighted by atomic mass is 10.2. The minimum Gasteiger partial charge on any atom is -0.354 e. The van der Waals surface area contributed by atoms with Gasteiger partial charge in [-0.1, -0.05) is 0 Å². The van der Waals surface area contributed by atoms with Crippen molar-refractivity contribution in [1.29, 1.82) is 0 Å². The average molecular weight is 383 g/mol. The van der Waals surface area contributed by atoms with Crippen LogP contribution < -0.4 is 5.32 Å². The standard InChI is InChI=1S/C16H22N4O3S2/c1-10-14(11(2)19(4)18-10)8-20(12-5-6-12)25(22,23)13-7-15(24-9-13)16(21)17-3/h7,9,12H,5-6,8H2,1-4H3,(H,17,21). The molecule has 0 spiro atoms. The summed E-state index contributed by atoms with van der Waals surface area (Å²) >= 11 is 1.14. The van der Waals surface area contributed by atoms with Gasteiger partial charge in [0, 0.05) is 43.3 Å². The summed E-state index contributed by atoms with van der Waals surface area (Å²) in [7, 11) is -0.269. The maximum Gasteiger partial charge on any atom is 0.261 e. The van der Waals surface area contributed by atoms with Gasteiger partial charge in [-0.05, 0) is 32.8 Å². The number of hydrogen-bond donors (Lipinski definition) is 1. The van der Waals surface area contributed by atoms with Gasteiger partial charge < -0.3 is 5.32 Å². The molecule has 9 heteroatoms. The van der Waals surface area contributed by atoms with E-state index in [9.17, 15) is 13.2 Å². The lowest BCUT2D eigenvalue weighted by molar-refractivity contribution is 0.0967. The van der Waals surface area contributed by atoms with E-state index >= 15 is 0 Å². The fourth-order valence-electron chi connectivity index (χ4n) is 2.81. The van der Waals surface area contributed by atoms with E-state index in [1.54, 1.807) is 8.99 Å². The number of thiophene rings is 1. The molecular weight excluding hydrogens is 360 g/mol. The van der Waals surface area contributed by atoms with Crippen LogP contribution in [0.25, 0.3) is 0 Å². The average Bonchev–Trinajstić information content (AvgIpc) is 3.21. The van der Waals surface area contributed by atoms with Crippen LogP contribution in [-0.4, -0.2) is 41.5 Å². The molecule has 1 saturated carbocycles. The third-order valence-corrected chi connectivity index (χ3v) is 7.51. The lowest BCUT2D eigenvalue weighted by Crippen LogP contribution is -2.33. The molecule has 2 heterocycles. The number of sulfonamides is 1. The van der Waals surface area contributed by atoms with Gasteiger partial charge in [0.05, 0.1) is 15.5 Å². The van der Waals surface area contributed by atoms with Crippen molar-refractivity contribution in [2.45, 2.75) is 44.2 Å². The van der Waals surface area contributed by atoms with Gasteiger partial charge in [0.15, 0.2) is 0 Å². The first-order valence-electron chi connectivity index (χ1n) is 8.07. The van der Waals surface area contributed by atoms with Crippen molar-refractivity contribution in [1.82, 2.24) is 19.4 Å². The zero-order chi connectivity index (χ0) is 18.4. The zero-order valence-corrected chi connectivity index (χ0v) is 16.4. The molecule has 1 fully saturated rings. The molecule has 0 aliphatic heterocycles. The highest BCUT2D eigenvalue weighted by Crippen LogP contribution is 2.35. The lowest BCUT2D eigenvalue weighted by Gasteiger charge is -2.21. The number of amides is 1. The Morgan fingerprint density at radius 1 is 1.44 bits per heavy atom. The van der Waals surface area contributed by atoms with Gasteiger partial charge in [0.1, 0.15) is 0 Å². The topological polar surface area (TPSA) is 84.3 Å². The minimum absolute atomic E-state index is 0.0207. The molecule has 1 N–H and O–H groups in total. The molecule has 2 aromatic rings. The quantitative estimate of drug-likeness (QED) is 0.826. The molecule has 0 saturated heterocycles. The molecule has 0 unspecified atom stereocenters. The van der Waals surface area contributed by atoms with Crippen molar-refractivity contribution in [3.8, 4) is 0 Å². The van der Waals surface area contributed by atoms with E-state index in [1.807, 2.05) is 20.9 Å².